The van der Waals surface area contributed by atoms with Crippen LogP contribution in [0.3, 0.4) is 0 Å². The first-order valence-electron chi connectivity index (χ1n) is 9.87. The maximum Gasteiger partial charge on any atom is 0.245 e. The molecule has 158 valence electrons. The summed E-state index contributed by atoms with van der Waals surface area (Å²) in [7, 11) is 0. The molecule has 3 rings (SSSR count). The normalized spacial score (nSPS) is 10.9. The average molecular weight is 409 g/mol. The smallest absolute Gasteiger partial charge is 0.245 e. The summed E-state index contributed by atoms with van der Waals surface area (Å²) in [6.07, 6.45) is 1.68. The molecule has 3 N–H and O–H groups in total. The topological polar surface area (TPSA) is 122 Å². The van der Waals surface area contributed by atoms with E-state index < -0.39 is 0 Å². The zero-order chi connectivity index (χ0) is 21.7. The minimum atomic E-state index is 0.152. The largest absolute Gasteiger partial charge is 0.477 e. The lowest BCUT2D eigenvalue weighted by atomic mass is 10.1. The van der Waals surface area contributed by atoms with Crippen LogP contribution in [0, 0.1) is 12.3 Å². The van der Waals surface area contributed by atoms with Crippen LogP contribution in [0.15, 0.2) is 28.9 Å². The maximum atomic E-state index is 8.29. The summed E-state index contributed by atoms with van der Waals surface area (Å²) >= 11 is 0. The zero-order valence-corrected chi connectivity index (χ0v) is 17.9. The number of aryl methyl sites for hydroxylation is 1. The van der Waals surface area contributed by atoms with Gasteiger partial charge in [-0.1, -0.05) is 5.16 Å². The highest BCUT2D eigenvalue weighted by Gasteiger charge is 2.19. The van der Waals surface area contributed by atoms with Crippen LogP contribution >= 0.6 is 0 Å². The van der Waals surface area contributed by atoms with Gasteiger partial charge < -0.3 is 25.3 Å². The highest BCUT2D eigenvalue weighted by molar-refractivity contribution is 6.03. The van der Waals surface area contributed by atoms with Crippen LogP contribution in [0.5, 0.6) is 5.88 Å². The van der Waals surface area contributed by atoms with E-state index in [2.05, 4.69) is 25.8 Å². The van der Waals surface area contributed by atoms with E-state index in [0.717, 1.165) is 16.9 Å². The predicted octanol–water partition coefficient (Wildman–Crippen LogP) is 4.05. The molecule has 3 aromatic heterocycles. The van der Waals surface area contributed by atoms with Crippen molar-refractivity contribution in [1.29, 1.82) is 5.41 Å². The second-order valence-electron chi connectivity index (χ2n) is 7.08. The van der Waals surface area contributed by atoms with Gasteiger partial charge in [0.1, 0.15) is 5.69 Å². The Morgan fingerprint density at radius 1 is 1.30 bits per heavy atom. The zero-order valence-electron chi connectivity index (χ0n) is 17.9. The number of aromatic nitrogens is 4. The molecule has 0 fully saturated rings. The van der Waals surface area contributed by atoms with Crippen LogP contribution < -0.4 is 15.4 Å². The van der Waals surface area contributed by atoms with E-state index in [1.54, 1.807) is 20.0 Å². The molecule has 9 nitrogen and oxygen atoms in total. The highest BCUT2D eigenvalue weighted by atomic mass is 16.5. The second kappa shape index (κ2) is 9.34. The van der Waals surface area contributed by atoms with Crippen molar-refractivity contribution in [1.82, 2.24) is 20.1 Å². The first-order chi connectivity index (χ1) is 14.4. The van der Waals surface area contributed by atoms with Gasteiger partial charge in [0.25, 0.3) is 0 Å². The van der Waals surface area contributed by atoms with E-state index in [-0.39, 0.29) is 6.04 Å². The lowest BCUT2D eigenvalue weighted by molar-refractivity contribution is 0.328. The molecular weight excluding hydrogens is 382 g/mol. The van der Waals surface area contributed by atoms with E-state index in [1.807, 2.05) is 39.0 Å². The van der Waals surface area contributed by atoms with Crippen molar-refractivity contribution in [2.24, 2.45) is 0 Å². The molecule has 0 saturated carbocycles. The lowest BCUT2D eigenvalue weighted by Crippen LogP contribution is -2.17. The van der Waals surface area contributed by atoms with Crippen molar-refractivity contribution >= 4 is 17.1 Å². The van der Waals surface area contributed by atoms with Crippen molar-refractivity contribution in [3.63, 3.8) is 0 Å². The van der Waals surface area contributed by atoms with Crippen LogP contribution in [-0.2, 0) is 6.54 Å². The third-order valence-electron chi connectivity index (χ3n) is 4.14. The number of hydrogen-bond acceptors (Lipinski definition) is 9. The monoisotopic (exact) mass is 409 g/mol. The van der Waals surface area contributed by atoms with Gasteiger partial charge in [0, 0.05) is 12.2 Å². The second-order valence-corrected chi connectivity index (χ2v) is 7.08. The van der Waals surface area contributed by atoms with E-state index >= 15 is 0 Å². The third-order valence-corrected chi connectivity index (χ3v) is 4.14. The van der Waals surface area contributed by atoms with E-state index in [0.29, 0.717) is 47.8 Å². The van der Waals surface area contributed by atoms with E-state index in [1.165, 1.54) is 0 Å². The molecule has 0 bridgehead atoms. The molecule has 0 aliphatic carbocycles. The summed E-state index contributed by atoms with van der Waals surface area (Å²) in [5.41, 5.74) is 3.84. The van der Waals surface area contributed by atoms with Gasteiger partial charge in [-0.2, -0.15) is 4.98 Å². The molecule has 0 aliphatic rings. The average Bonchev–Trinajstić information content (AvgIpc) is 3.12. The number of ether oxygens (including phenoxy) is 1. The molecule has 0 spiro atoms. The summed E-state index contributed by atoms with van der Waals surface area (Å²) in [4.78, 5) is 13.3. The predicted molar refractivity (Wildman–Crippen MR) is 116 cm³/mol. The Morgan fingerprint density at radius 2 is 2.10 bits per heavy atom. The molecule has 0 unspecified atom stereocenters. The van der Waals surface area contributed by atoms with Crippen molar-refractivity contribution in [3.05, 3.63) is 41.8 Å². The maximum absolute atomic E-state index is 8.29. The van der Waals surface area contributed by atoms with Crippen LogP contribution in [0.25, 0.3) is 11.3 Å². The Hall–Kier alpha value is -3.49. The minimum Gasteiger partial charge on any atom is -0.477 e. The quantitative estimate of drug-likeness (QED) is 0.452. The van der Waals surface area contributed by atoms with Gasteiger partial charge in [-0.25, -0.2) is 9.97 Å². The molecular formula is C21H27N7O2. The van der Waals surface area contributed by atoms with Crippen molar-refractivity contribution in [3.8, 4) is 17.1 Å². The van der Waals surface area contributed by atoms with E-state index in [9.17, 15) is 0 Å². The standard InChI is InChI=1S/C21H27N7O2/c1-6-29-21-15(8-7-9-23-21)16-10-17(24-11-18-26-14(5)28-30-18)20(25-12(2)3)19(27-16)13(4)22/h7-10,12,22,25H,6,11H2,1-5H3,(H,24,27). The lowest BCUT2D eigenvalue weighted by Gasteiger charge is -2.20. The Morgan fingerprint density at radius 3 is 2.73 bits per heavy atom. The van der Waals surface area contributed by atoms with Gasteiger partial charge in [-0.15, -0.1) is 0 Å². The molecule has 0 radical (unpaired) electrons. The van der Waals surface area contributed by atoms with Crippen molar-refractivity contribution in [2.45, 2.75) is 47.2 Å². The number of nitrogens with zero attached hydrogens (tertiary/aromatic N) is 4. The summed E-state index contributed by atoms with van der Waals surface area (Å²) < 4.78 is 10.9. The van der Waals surface area contributed by atoms with Gasteiger partial charge in [0.05, 0.1) is 41.5 Å². The van der Waals surface area contributed by atoms with Crippen molar-refractivity contribution < 1.29 is 9.26 Å². The number of anilines is 2. The molecule has 9 heteroatoms. The van der Waals surface area contributed by atoms with Crippen molar-refractivity contribution in [2.75, 3.05) is 17.2 Å². The van der Waals surface area contributed by atoms with Crippen LogP contribution in [0.2, 0.25) is 0 Å². The summed E-state index contributed by atoms with van der Waals surface area (Å²) in [6.45, 7) is 10.3. The molecule has 0 amide bonds. The summed E-state index contributed by atoms with van der Waals surface area (Å²) in [5, 5.41) is 18.9. The first kappa shape index (κ1) is 21.2. The highest BCUT2D eigenvalue weighted by Crippen LogP contribution is 2.34. The fourth-order valence-electron chi connectivity index (χ4n) is 2.95. The van der Waals surface area contributed by atoms with Gasteiger partial charge in [0.2, 0.25) is 11.8 Å². The Labute approximate surface area is 175 Å². The van der Waals surface area contributed by atoms with Gasteiger partial charge in [-0.05, 0) is 52.8 Å². The van der Waals surface area contributed by atoms with Gasteiger partial charge >= 0.3 is 0 Å². The number of nitrogens with one attached hydrogen (secondary N) is 3. The molecule has 0 aromatic carbocycles. The molecule has 0 aliphatic heterocycles. The van der Waals surface area contributed by atoms with Crippen LogP contribution in [-0.4, -0.2) is 38.5 Å². The fourth-order valence-corrected chi connectivity index (χ4v) is 2.95. The molecule has 30 heavy (non-hydrogen) atoms. The summed E-state index contributed by atoms with van der Waals surface area (Å²) in [6, 6.07) is 5.81. The SMILES string of the molecule is CCOc1ncccc1-c1cc(NCc2nc(C)no2)c(NC(C)C)c(C(C)=N)n1. The molecule has 0 atom stereocenters. The third kappa shape index (κ3) is 4.91. The Balaban J connectivity index is 2.10. The molecule has 0 saturated heterocycles. The van der Waals surface area contributed by atoms with Crippen LogP contribution in [0.1, 0.15) is 45.1 Å². The molecule has 3 heterocycles. The Kier molecular flexibility index (Phi) is 6.61. The first-order valence-corrected chi connectivity index (χ1v) is 9.87. The fraction of sp³-hybridized carbons (Fsp3) is 0.381. The number of hydrogen-bond donors (Lipinski definition) is 3. The number of pyridine rings is 2. The van der Waals surface area contributed by atoms with Gasteiger partial charge in [-0.3, -0.25) is 0 Å². The Bertz CT molecular complexity index is 1030. The summed E-state index contributed by atoms with van der Waals surface area (Å²) in [5.74, 6) is 1.56. The van der Waals surface area contributed by atoms with E-state index in [4.69, 9.17) is 19.7 Å². The minimum absolute atomic E-state index is 0.152. The molecule has 3 aromatic rings. The van der Waals surface area contributed by atoms with Crippen LogP contribution in [0.4, 0.5) is 11.4 Å². The van der Waals surface area contributed by atoms with Gasteiger partial charge in [0.15, 0.2) is 5.82 Å². The number of rotatable bonds is 9.